The highest BCUT2D eigenvalue weighted by atomic mass is 32.1. The van der Waals surface area contributed by atoms with Crippen LogP contribution < -0.4 is 9.47 Å². The van der Waals surface area contributed by atoms with Crippen molar-refractivity contribution in [2.45, 2.75) is 32.1 Å². The molecule has 0 N–H and O–H groups in total. The summed E-state index contributed by atoms with van der Waals surface area (Å²) >= 11 is 5.82. The second-order valence-corrected chi connectivity index (χ2v) is 8.07. The zero-order valence-electron chi connectivity index (χ0n) is 18.7. The second-order valence-electron chi connectivity index (χ2n) is 7.71. The number of likely N-dealkylation sites (tertiary alicyclic amines) is 1. The predicted molar refractivity (Wildman–Crippen MR) is 124 cm³/mol. The van der Waals surface area contributed by atoms with Gasteiger partial charge in [-0.05, 0) is 43.3 Å². The summed E-state index contributed by atoms with van der Waals surface area (Å²) in [7, 11) is 5.06. The van der Waals surface area contributed by atoms with Crippen LogP contribution in [0, 0.1) is 4.77 Å². The summed E-state index contributed by atoms with van der Waals surface area (Å²) in [6.07, 6.45) is 5.70. The maximum absolute atomic E-state index is 5.82. The number of benzene rings is 1. The van der Waals surface area contributed by atoms with E-state index in [9.17, 15) is 0 Å². The summed E-state index contributed by atoms with van der Waals surface area (Å²) in [5.74, 6) is 2.46. The maximum atomic E-state index is 5.82. The minimum atomic E-state index is 0.228. The lowest BCUT2D eigenvalue weighted by atomic mass is 10.0. The third-order valence-corrected chi connectivity index (χ3v) is 6.29. The molecular formula is C23H29N5O3S. The molecule has 9 heteroatoms. The number of ether oxygens (including phenoxy) is 3. The number of aromatic nitrogens is 4. The van der Waals surface area contributed by atoms with E-state index in [-0.39, 0.29) is 6.04 Å². The summed E-state index contributed by atoms with van der Waals surface area (Å²) in [5, 5.41) is 4.89. The predicted octanol–water partition coefficient (Wildman–Crippen LogP) is 3.93. The van der Waals surface area contributed by atoms with Gasteiger partial charge in [-0.25, -0.2) is 4.68 Å². The van der Waals surface area contributed by atoms with Gasteiger partial charge >= 0.3 is 0 Å². The Balaban J connectivity index is 1.65. The molecule has 0 radical (unpaired) electrons. The maximum Gasteiger partial charge on any atom is 0.199 e. The molecule has 32 heavy (non-hydrogen) atoms. The van der Waals surface area contributed by atoms with Gasteiger partial charge in [-0.2, -0.15) is 5.10 Å². The molecule has 8 nitrogen and oxygen atoms in total. The highest BCUT2D eigenvalue weighted by Gasteiger charge is 2.29. The van der Waals surface area contributed by atoms with Gasteiger partial charge in [0.25, 0.3) is 0 Å². The van der Waals surface area contributed by atoms with E-state index in [1.807, 2.05) is 33.5 Å². The summed E-state index contributed by atoms with van der Waals surface area (Å²) in [6, 6.07) is 10.2. The molecule has 0 bridgehead atoms. The van der Waals surface area contributed by atoms with Crippen molar-refractivity contribution in [1.82, 2.24) is 24.2 Å². The van der Waals surface area contributed by atoms with Crippen LogP contribution in [0.15, 0.2) is 42.7 Å². The van der Waals surface area contributed by atoms with E-state index in [4.69, 9.17) is 31.5 Å². The van der Waals surface area contributed by atoms with Gasteiger partial charge in [0.2, 0.25) is 0 Å². The van der Waals surface area contributed by atoms with Crippen LogP contribution in [0.1, 0.15) is 24.4 Å². The molecule has 0 aliphatic carbocycles. The molecule has 3 aromatic rings. The Bertz CT molecular complexity index is 1100. The quantitative estimate of drug-likeness (QED) is 0.453. The smallest absolute Gasteiger partial charge is 0.199 e. The van der Waals surface area contributed by atoms with Gasteiger partial charge in [-0.3, -0.25) is 14.5 Å². The number of hydrogen-bond donors (Lipinski definition) is 0. The standard InChI is InChI=1S/C23H29N5O3S/c1-29-14-13-27-22(17-8-10-24-11-9-17)25-28(23(27)32)16-26-12-4-5-20(26)19-7-6-18(30-2)15-21(19)31-3/h6-11,15,20H,4-5,12-14,16H2,1-3H3/t20-/m0/s1. The fraction of sp³-hybridized carbons (Fsp3) is 0.435. The van der Waals surface area contributed by atoms with Crippen molar-refractivity contribution >= 4 is 12.2 Å². The Morgan fingerprint density at radius 2 is 1.91 bits per heavy atom. The second kappa shape index (κ2) is 10.2. The zero-order valence-corrected chi connectivity index (χ0v) is 19.5. The SMILES string of the molecule is COCCn1c(-c2ccncc2)nn(CN2CCC[C@H]2c2ccc(OC)cc2OC)c1=S. The van der Waals surface area contributed by atoms with Crippen LogP contribution in [0.25, 0.3) is 11.4 Å². The minimum absolute atomic E-state index is 0.228. The van der Waals surface area contributed by atoms with Crippen molar-refractivity contribution in [3.63, 3.8) is 0 Å². The number of rotatable bonds is 9. The lowest BCUT2D eigenvalue weighted by molar-refractivity contribution is 0.181. The first kappa shape index (κ1) is 22.4. The highest BCUT2D eigenvalue weighted by molar-refractivity contribution is 7.71. The zero-order chi connectivity index (χ0) is 22.5. The molecule has 1 aliphatic rings. The summed E-state index contributed by atoms with van der Waals surface area (Å²) < 4.78 is 21.0. The van der Waals surface area contributed by atoms with Crippen LogP contribution in [-0.2, 0) is 18.0 Å². The fourth-order valence-corrected chi connectivity index (χ4v) is 4.52. The molecule has 1 atom stereocenters. The first-order valence-corrected chi connectivity index (χ1v) is 11.1. The average Bonchev–Trinajstić information content (AvgIpc) is 3.42. The van der Waals surface area contributed by atoms with Gasteiger partial charge in [0.1, 0.15) is 11.5 Å². The van der Waals surface area contributed by atoms with E-state index in [1.165, 1.54) is 0 Å². The van der Waals surface area contributed by atoms with Crippen LogP contribution in [0.2, 0.25) is 0 Å². The molecule has 0 unspecified atom stereocenters. The molecule has 0 saturated carbocycles. The number of methoxy groups -OCH3 is 3. The Labute approximate surface area is 193 Å². The molecule has 0 spiro atoms. The molecule has 170 valence electrons. The molecule has 2 aromatic heterocycles. The Morgan fingerprint density at radius 3 is 2.62 bits per heavy atom. The van der Waals surface area contributed by atoms with Gasteiger partial charge in [0.05, 0.1) is 34.0 Å². The van der Waals surface area contributed by atoms with Crippen molar-refractivity contribution in [1.29, 1.82) is 0 Å². The van der Waals surface area contributed by atoms with Gasteiger partial charge < -0.3 is 14.2 Å². The number of hydrogen-bond acceptors (Lipinski definition) is 7. The van der Waals surface area contributed by atoms with E-state index < -0.39 is 0 Å². The van der Waals surface area contributed by atoms with Gasteiger partial charge in [-0.1, -0.05) is 6.07 Å². The number of nitrogens with zero attached hydrogens (tertiary/aromatic N) is 5. The largest absolute Gasteiger partial charge is 0.497 e. The van der Waals surface area contributed by atoms with Crippen LogP contribution >= 0.6 is 12.2 Å². The minimum Gasteiger partial charge on any atom is -0.497 e. The molecule has 3 heterocycles. The van der Waals surface area contributed by atoms with E-state index in [0.717, 1.165) is 47.8 Å². The monoisotopic (exact) mass is 455 g/mol. The summed E-state index contributed by atoms with van der Waals surface area (Å²) in [4.78, 5) is 6.53. The van der Waals surface area contributed by atoms with Crippen LogP contribution in [0.4, 0.5) is 0 Å². The third-order valence-electron chi connectivity index (χ3n) is 5.86. The highest BCUT2D eigenvalue weighted by Crippen LogP contribution is 2.39. The van der Waals surface area contributed by atoms with Crippen molar-refractivity contribution in [3.05, 3.63) is 53.1 Å². The van der Waals surface area contributed by atoms with Gasteiger partial charge in [0, 0.05) is 49.3 Å². The molecule has 1 saturated heterocycles. The normalized spacial score (nSPS) is 16.4. The average molecular weight is 456 g/mol. The molecule has 0 amide bonds. The van der Waals surface area contributed by atoms with Crippen LogP contribution in [-0.4, -0.2) is 58.7 Å². The van der Waals surface area contributed by atoms with E-state index >= 15 is 0 Å². The van der Waals surface area contributed by atoms with E-state index in [2.05, 4.69) is 16.0 Å². The Kier molecular flexibility index (Phi) is 7.19. The van der Waals surface area contributed by atoms with Crippen molar-refractivity contribution in [2.24, 2.45) is 0 Å². The molecule has 1 aliphatic heterocycles. The van der Waals surface area contributed by atoms with Gasteiger partial charge in [0.15, 0.2) is 10.6 Å². The summed E-state index contributed by atoms with van der Waals surface area (Å²) in [5.41, 5.74) is 2.14. The first-order valence-electron chi connectivity index (χ1n) is 10.7. The lowest BCUT2D eigenvalue weighted by Crippen LogP contribution is -2.27. The Hall–Kier alpha value is -2.75. The molecule has 1 fully saturated rings. The van der Waals surface area contributed by atoms with Crippen molar-refractivity contribution in [2.75, 3.05) is 34.5 Å². The third kappa shape index (κ3) is 4.55. The van der Waals surface area contributed by atoms with E-state index in [1.54, 1.807) is 33.7 Å². The Morgan fingerprint density at radius 1 is 1.09 bits per heavy atom. The molecule has 1 aromatic carbocycles. The van der Waals surface area contributed by atoms with Crippen LogP contribution in [0.5, 0.6) is 11.5 Å². The molecule has 4 rings (SSSR count). The number of pyridine rings is 1. The first-order chi connectivity index (χ1) is 15.7. The summed E-state index contributed by atoms with van der Waals surface area (Å²) in [6.45, 7) is 2.78. The van der Waals surface area contributed by atoms with Crippen LogP contribution in [0.3, 0.4) is 0 Å². The lowest BCUT2D eigenvalue weighted by Gasteiger charge is -2.26. The fourth-order valence-electron chi connectivity index (χ4n) is 4.25. The van der Waals surface area contributed by atoms with Crippen molar-refractivity contribution in [3.8, 4) is 22.9 Å². The van der Waals surface area contributed by atoms with Crippen molar-refractivity contribution < 1.29 is 14.2 Å². The van der Waals surface area contributed by atoms with E-state index in [0.29, 0.717) is 24.6 Å². The van der Waals surface area contributed by atoms with Gasteiger partial charge in [-0.15, -0.1) is 0 Å². The molecular weight excluding hydrogens is 426 g/mol. The topological polar surface area (TPSA) is 66.6 Å².